The molecule has 1 N–H and O–H groups in total. The van der Waals surface area contributed by atoms with E-state index in [0.29, 0.717) is 6.04 Å². The molecule has 0 aromatic carbocycles. The van der Waals surface area contributed by atoms with Crippen LogP contribution in [0.1, 0.15) is 38.3 Å². The number of aliphatic imine (C=N–C) groups is 1. The van der Waals surface area contributed by atoms with Crippen LogP contribution in [0, 0.1) is 11.8 Å². The van der Waals surface area contributed by atoms with Crippen LogP contribution in [0.3, 0.4) is 0 Å². The summed E-state index contributed by atoms with van der Waals surface area (Å²) in [6.07, 6.45) is 6.95. The van der Waals surface area contributed by atoms with Gasteiger partial charge in [-0.1, -0.05) is 24.2 Å². The van der Waals surface area contributed by atoms with Crippen LogP contribution in [0.4, 0.5) is 0 Å². The number of amidine groups is 1. The monoisotopic (exact) mass is 301 g/mol. The molecule has 2 bridgehead atoms. The van der Waals surface area contributed by atoms with Crippen molar-refractivity contribution in [2.45, 2.75) is 43.4 Å². The van der Waals surface area contributed by atoms with Crippen LogP contribution in [-0.4, -0.2) is 22.1 Å². The molecule has 4 atom stereocenters. The van der Waals surface area contributed by atoms with Gasteiger partial charge in [0.2, 0.25) is 5.91 Å². The Balaban J connectivity index is 1.57. The number of carbonyl (C=O) groups excluding carboxylic acids is 1. The highest BCUT2D eigenvalue weighted by atomic mass is 32.2. The fraction of sp³-hybridized carbons (Fsp3) is 0.562. The Hall–Kier alpha value is -1.36. The van der Waals surface area contributed by atoms with Crippen LogP contribution in [0.25, 0.3) is 0 Å². The van der Waals surface area contributed by atoms with Crippen molar-refractivity contribution in [1.82, 2.24) is 10.3 Å². The average molecular weight is 301 g/mol. The smallest absolute Gasteiger partial charge is 0.248 e. The van der Waals surface area contributed by atoms with Crippen LogP contribution < -0.4 is 5.32 Å². The molecular weight excluding hydrogens is 282 g/mol. The third-order valence-corrected chi connectivity index (χ3v) is 6.30. The summed E-state index contributed by atoms with van der Waals surface area (Å²) in [4.78, 5) is 21.6. The second-order valence-electron chi connectivity index (χ2n) is 6.48. The van der Waals surface area contributed by atoms with Gasteiger partial charge in [-0.2, -0.15) is 0 Å². The molecule has 1 aromatic heterocycles. The first-order valence-electron chi connectivity index (χ1n) is 7.65. The number of carbonyl (C=O) groups is 1. The van der Waals surface area contributed by atoms with E-state index < -0.39 is 4.75 Å². The lowest BCUT2D eigenvalue weighted by Gasteiger charge is -2.19. The van der Waals surface area contributed by atoms with Gasteiger partial charge >= 0.3 is 0 Å². The van der Waals surface area contributed by atoms with Gasteiger partial charge in [0.25, 0.3) is 0 Å². The lowest BCUT2D eigenvalue weighted by atomic mass is 9.96. The maximum atomic E-state index is 12.4. The summed E-state index contributed by atoms with van der Waals surface area (Å²) in [7, 11) is 0. The standard InChI is InChI=1S/C16H19N3OS/c1-16(13-4-2-3-7-17-13)14(20)19-15(21-16)18-12-9-10-5-6-11(12)8-10/h2-4,7,10-12H,5-6,8-9H2,1H3,(H,18,19,20)/t10-,11+,12+,16?/m1/s1. The fourth-order valence-corrected chi connectivity index (χ4v) is 4.96. The molecule has 5 heteroatoms. The normalized spacial score (nSPS) is 40.0. The number of aromatic nitrogens is 1. The predicted octanol–water partition coefficient (Wildman–Crippen LogP) is 2.70. The number of hydrogen-bond acceptors (Lipinski definition) is 4. The molecule has 2 aliphatic carbocycles. The third-order valence-electron chi connectivity index (χ3n) is 5.09. The molecule has 1 saturated heterocycles. The number of pyridine rings is 1. The molecular formula is C16H19N3OS. The topological polar surface area (TPSA) is 54.4 Å². The van der Waals surface area contributed by atoms with Crippen molar-refractivity contribution in [1.29, 1.82) is 0 Å². The largest absolute Gasteiger partial charge is 0.304 e. The molecule has 4 rings (SSSR count). The average Bonchev–Trinajstić information content (AvgIpc) is 3.16. The van der Waals surface area contributed by atoms with Crippen LogP contribution in [0.5, 0.6) is 0 Å². The van der Waals surface area contributed by atoms with Gasteiger partial charge in [-0.25, -0.2) is 0 Å². The van der Waals surface area contributed by atoms with E-state index in [-0.39, 0.29) is 5.91 Å². The highest BCUT2D eigenvalue weighted by Crippen LogP contribution is 2.47. The van der Waals surface area contributed by atoms with E-state index in [0.717, 1.165) is 22.7 Å². The summed E-state index contributed by atoms with van der Waals surface area (Å²) in [5.74, 6) is 1.60. The molecule has 2 heterocycles. The molecule has 21 heavy (non-hydrogen) atoms. The Kier molecular flexibility index (Phi) is 3.06. The van der Waals surface area contributed by atoms with Gasteiger partial charge in [0.05, 0.1) is 11.7 Å². The lowest BCUT2D eigenvalue weighted by molar-refractivity contribution is -0.121. The van der Waals surface area contributed by atoms with Crippen molar-refractivity contribution in [3.05, 3.63) is 30.1 Å². The first-order valence-corrected chi connectivity index (χ1v) is 8.46. The molecule has 1 aromatic rings. The summed E-state index contributed by atoms with van der Waals surface area (Å²) in [6.45, 7) is 1.93. The molecule has 1 amide bonds. The minimum Gasteiger partial charge on any atom is -0.304 e. The van der Waals surface area contributed by atoms with E-state index in [1.54, 1.807) is 6.20 Å². The van der Waals surface area contributed by atoms with Crippen molar-refractivity contribution in [3.8, 4) is 0 Å². The predicted molar refractivity (Wildman–Crippen MR) is 84.0 cm³/mol. The van der Waals surface area contributed by atoms with E-state index in [4.69, 9.17) is 4.99 Å². The van der Waals surface area contributed by atoms with Crippen molar-refractivity contribution < 1.29 is 4.79 Å². The van der Waals surface area contributed by atoms with Crippen LogP contribution in [0.15, 0.2) is 29.4 Å². The van der Waals surface area contributed by atoms with Crippen LogP contribution in [0.2, 0.25) is 0 Å². The van der Waals surface area contributed by atoms with Crippen LogP contribution >= 0.6 is 11.8 Å². The Morgan fingerprint density at radius 3 is 2.95 bits per heavy atom. The molecule has 3 fully saturated rings. The third kappa shape index (κ3) is 2.18. The number of rotatable bonds is 2. The fourth-order valence-electron chi connectivity index (χ4n) is 3.87. The van der Waals surface area contributed by atoms with E-state index >= 15 is 0 Å². The first-order chi connectivity index (χ1) is 10.1. The second-order valence-corrected chi connectivity index (χ2v) is 7.89. The van der Waals surface area contributed by atoms with Gasteiger partial charge in [0.1, 0.15) is 4.75 Å². The Morgan fingerprint density at radius 1 is 1.38 bits per heavy atom. The molecule has 0 spiro atoms. The zero-order valence-electron chi connectivity index (χ0n) is 12.1. The summed E-state index contributed by atoms with van der Waals surface area (Å²) in [6, 6.07) is 6.12. The highest BCUT2D eigenvalue weighted by molar-refractivity contribution is 8.15. The SMILES string of the molecule is CC1(c2ccccn2)SC(=N[C@H]2C[C@@H]3CC[C@H]2C3)NC1=O. The van der Waals surface area contributed by atoms with Crippen molar-refractivity contribution >= 4 is 22.8 Å². The van der Waals surface area contributed by atoms with Crippen molar-refractivity contribution in [2.75, 3.05) is 0 Å². The summed E-state index contributed by atoms with van der Waals surface area (Å²) in [5, 5.41) is 3.75. The quantitative estimate of drug-likeness (QED) is 0.914. The lowest BCUT2D eigenvalue weighted by Crippen LogP contribution is -2.32. The Labute approximate surface area is 128 Å². The van der Waals surface area contributed by atoms with Gasteiger partial charge < -0.3 is 5.32 Å². The van der Waals surface area contributed by atoms with Gasteiger partial charge in [-0.15, -0.1) is 0 Å². The first kappa shape index (κ1) is 13.3. The molecule has 4 nitrogen and oxygen atoms in total. The maximum absolute atomic E-state index is 12.4. The summed E-state index contributed by atoms with van der Waals surface area (Å²) >= 11 is 1.52. The molecule has 1 aliphatic heterocycles. The van der Waals surface area contributed by atoms with Crippen molar-refractivity contribution in [3.63, 3.8) is 0 Å². The number of amides is 1. The van der Waals surface area contributed by atoms with E-state index in [1.165, 1.54) is 37.4 Å². The minimum atomic E-state index is -0.655. The minimum absolute atomic E-state index is 0.00638. The number of thioether (sulfide) groups is 1. The zero-order valence-corrected chi connectivity index (χ0v) is 12.9. The Morgan fingerprint density at radius 2 is 2.29 bits per heavy atom. The van der Waals surface area contributed by atoms with E-state index in [2.05, 4.69) is 10.3 Å². The summed E-state index contributed by atoms with van der Waals surface area (Å²) in [5.41, 5.74) is 0.797. The molecule has 0 radical (unpaired) electrons. The zero-order chi connectivity index (χ0) is 14.4. The van der Waals surface area contributed by atoms with Crippen LogP contribution in [-0.2, 0) is 9.54 Å². The number of hydrogen-bond donors (Lipinski definition) is 1. The van der Waals surface area contributed by atoms with E-state index in [9.17, 15) is 4.79 Å². The van der Waals surface area contributed by atoms with Gasteiger partial charge in [-0.3, -0.25) is 14.8 Å². The Bertz CT molecular complexity index is 603. The number of nitrogens with one attached hydrogen (secondary N) is 1. The number of fused-ring (bicyclic) bond motifs is 2. The van der Waals surface area contributed by atoms with Gasteiger partial charge in [0.15, 0.2) is 5.17 Å². The second kappa shape index (κ2) is 4.83. The highest BCUT2D eigenvalue weighted by Gasteiger charge is 2.46. The maximum Gasteiger partial charge on any atom is 0.248 e. The molecule has 1 unspecified atom stereocenters. The van der Waals surface area contributed by atoms with Crippen molar-refractivity contribution in [2.24, 2.45) is 16.8 Å². The van der Waals surface area contributed by atoms with E-state index in [1.807, 2.05) is 25.1 Å². The molecule has 3 aliphatic rings. The van der Waals surface area contributed by atoms with Gasteiger partial charge in [-0.05, 0) is 50.2 Å². The number of nitrogens with zero attached hydrogens (tertiary/aromatic N) is 2. The summed E-state index contributed by atoms with van der Waals surface area (Å²) < 4.78 is -0.655. The van der Waals surface area contributed by atoms with Gasteiger partial charge in [0, 0.05) is 6.20 Å². The molecule has 2 saturated carbocycles. The molecule has 110 valence electrons.